The minimum atomic E-state index is -0.570. The fraction of sp³-hybridized carbons (Fsp3) is 0.500. The van der Waals surface area contributed by atoms with E-state index < -0.39 is 5.60 Å². The number of aliphatic hydroxyl groups is 1. The highest BCUT2D eigenvalue weighted by molar-refractivity contribution is 6.31. The zero-order valence-corrected chi connectivity index (χ0v) is 17.4. The zero-order chi connectivity index (χ0) is 19.6. The number of likely N-dealkylation sites (tertiary alicyclic amines) is 1. The van der Waals surface area contributed by atoms with Crippen LogP contribution < -0.4 is 4.74 Å². The molecule has 2 fully saturated rings. The van der Waals surface area contributed by atoms with Crippen molar-refractivity contribution < 1.29 is 9.84 Å². The summed E-state index contributed by atoms with van der Waals surface area (Å²) in [5.74, 6) is 1.16. The van der Waals surface area contributed by atoms with Gasteiger partial charge in [-0.15, -0.1) is 0 Å². The normalized spacial score (nSPS) is 28.0. The number of ether oxygens (including phenoxy) is 1. The van der Waals surface area contributed by atoms with Crippen LogP contribution in [0.1, 0.15) is 56.2 Å². The summed E-state index contributed by atoms with van der Waals surface area (Å²) >= 11 is 6.48. The van der Waals surface area contributed by atoms with Gasteiger partial charge in [-0.05, 0) is 43.9 Å². The smallest absolute Gasteiger partial charge is 0.124 e. The summed E-state index contributed by atoms with van der Waals surface area (Å²) in [5, 5.41) is 12.3. The highest BCUT2D eigenvalue weighted by Gasteiger charge is 2.49. The van der Waals surface area contributed by atoms with E-state index in [-0.39, 0.29) is 12.0 Å². The van der Waals surface area contributed by atoms with Crippen molar-refractivity contribution in [3.8, 4) is 5.75 Å². The van der Waals surface area contributed by atoms with Gasteiger partial charge >= 0.3 is 0 Å². The van der Waals surface area contributed by atoms with Gasteiger partial charge in [0.15, 0.2) is 0 Å². The molecule has 0 spiro atoms. The second-order valence-corrected chi connectivity index (χ2v) is 8.59. The lowest BCUT2D eigenvalue weighted by Crippen LogP contribution is -2.54. The van der Waals surface area contributed by atoms with Gasteiger partial charge < -0.3 is 9.84 Å². The molecule has 28 heavy (non-hydrogen) atoms. The number of halogens is 1. The van der Waals surface area contributed by atoms with Gasteiger partial charge in [0, 0.05) is 35.6 Å². The molecule has 0 amide bonds. The first kappa shape index (κ1) is 19.8. The van der Waals surface area contributed by atoms with E-state index in [2.05, 4.69) is 29.2 Å². The lowest BCUT2D eigenvalue weighted by Gasteiger charge is -2.53. The Morgan fingerprint density at radius 1 is 1.11 bits per heavy atom. The molecule has 1 heterocycles. The molecule has 2 aromatic carbocycles. The van der Waals surface area contributed by atoms with Crippen molar-refractivity contribution in [2.24, 2.45) is 5.92 Å². The SMILES string of the molecule is CCOc1ccccc1[C@H]1[C@H]2CCCC[C@@]2(O)CCN1Cc1ccccc1Cl. The van der Waals surface area contributed by atoms with Gasteiger partial charge in [0.2, 0.25) is 0 Å². The van der Waals surface area contributed by atoms with Crippen molar-refractivity contribution in [3.05, 3.63) is 64.7 Å². The fourth-order valence-electron chi connectivity index (χ4n) is 5.19. The van der Waals surface area contributed by atoms with Gasteiger partial charge in [-0.25, -0.2) is 0 Å². The van der Waals surface area contributed by atoms with E-state index in [4.69, 9.17) is 16.3 Å². The van der Waals surface area contributed by atoms with E-state index in [9.17, 15) is 5.11 Å². The minimum Gasteiger partial charge on any atom is -0.494 e. The number of hydrogen-bond donors (Lipinski definition) is 1. The molecule has 150 valence electrons. The molecule has 0 aromatic heterocycles. The molecule has 1 saturated heterocycles. The van der Waals surface area contributed by atoms with E-state index in [1.165, 1.54) is 12.0 Å². The number of benzene rings is 2. The van der Waals surface area contributed by atoms with Crippen LogP contribution in [0.25, 0.3) is 0 Å². The summed E-state index contributed by atoms with van der Waals surface area (Å²) in [5.41, 5.74) is 1.77. The topological polar surface area (TPSA) is 32.7 Å². The summed E-state index contributed by atoms with van der Waals surface area (Å²) < 4.78 is 5.99. The molecule has 1 aliphatic heterocycles. The van der Waals surface area contributed by atoms with Crippen LogP contribution in [0.5, 0.6) is 5.75 Å². The maximum Gasteiger partial charge on any atom is 0.124 e. The molecule has 0 unspecified atom stereocenters. The Bertz CT molecular complexity index is 811. The Kier molecular flexibility index (Phi) is 5.96. The van der Waals surface area contributed by atoms with Crippen LogP contribution in [0, 0.1) is 5.92 Å². The number of rotatable bonds is 5. The van der Waals surface area contributed by atoms with Crippen LogP contribution in [0.2, 0.25) is 5.02 Å². The molecule has 4 heteroatoms. The first-order valence-corrected chi connectivity index (χ1v) is 10.9. The average molecular weight is 400 g/mol. The van der Waals surface area contributed by atoms with Crippen LogP contribution in [-0.4, -0.2) is 28.8 Å². The molecule has 0 radical (unpaired) electrons. The van der Waals surface area contributed by atoms with Crippen molar-refractivity contribution >= 4 is 11.6 Å². The molecule has 2 aliphatic rings. The summed E-state index contributed by atoms with van der Waals surface area (Å²) in [4.78, 5) is 2.50. The van der Waals surface area contributed by atoms with E-state index in [0.717, 1.165) is 55.1 Å². The van der Waals surface area contributed by atoms with Crippen molar-refractivity contribution in [1.82, 2.24) is 4.90 Å². The number of piperidine rings is 1. The molecule has 4 rings (SSSR count). The second kappa shape index (κ2) is 8.44. The van der Waals surface area contributed by atoms with E-state index in [1.807, 2.05) is 31.2 Å². The van der Waals surface area contributed by atoms with Crippen LogP contribution >= 0.6 is 11.6 Å². The fourth-order valence-corrected chi connectivity index (χ4v) is 5.39. The monoisotopic (exact) mass is 399 g/mol. The first-order valence-electron chi connectivity index (χ1n) is 10.5. The maximum absolute atomic E-state index is 11.5. The standard InChI is InChI=1S/C24H30ClNO2/c1-2-28-22-13-6-4-10-19(22)23-20-11-7-8-14-24(20,27)15-16-26(23)17-18-9-3-5-12-21(18)25/h3-6,9-10,12-13,20,23,27H,2,7-8,11,14-17H2,1H3/t20-,23+,24-/m1/s1. The third-order valence-corrected chi connectivity index (χ3v) is 6.91. The van der Waals surface area contributed by atoms with Gasteiger partial charge in [0.05, 0.1) is 12.2 Å². The third kappa shape index (κ3) is 3.80. The molecule has 0 bridgehead atoms. The highest BCUT2D eigenvalue weighted by Crippen LogP contribution is 2.51. The molecule has 1 aliphatic carbocycles. The number of para-hydroxylation sites is 1. The Morgan fingerprint density at radius 2 is 1.89 bits per heavy atom. The van der Waals surface area contributed by atoms with Gasteiger partial charge in [0.25, 0.3) is 0 Å². The Labute approximate surface area is 173 Å². The number of hydrogen-bond acceptors (Lipinski definition) is 3. The van der Waals surface area contributed by atoms with E-state index in [1.54, 1.807) is 0 Å². The summed E-state index contributed by atoms with van der Waals surface area (Å²) in [6.45, 7) is 4.32. The largest absolute Gasteiger partial charge is 0.494 e. The lowest BCUT2D eigenvalue weighted by molar-refractivity contribution is -0.126. The lowest BCUT2D eigenvalue weighted by atomic mass is 9.66. The predicted molar refractivity (Wildman–Crippen MR) is 114 cm³/mol. The van der Waals surface area contributed by atoms with E-state index in [0.29, 0.717) is 6.61 Å². The molecule has 2 aromatic rings. The van der Waals surface area contributed by atoms with E-state index >= 15 is 0 Å². The quantitative estimate of drug-likeness (QED) is 0.709. The van der Waals surface area contributed by atoms with Gasteiger partial charge in [-0.3, -0.25) is 4.90 Å². The molecule has 3 nitrogen and oxygen atoms in total. The number of fused-ring (bicyclic) bond motifs is 1. The molecule has 3 atom stereocenters. The summed E-state index contributed by atoms with van der Waals surface area (Å²) in [7, 11) is 0. The molecular formula is C24H30ClNO2. The maximum atomic E-state index is 11.5. The number of nitrogens with zero attached hydrogens (tertiary/aromatic N) is 1. The molecular weight excluding hydrogens is 370 g/mol. The van der Waals surface area contributed by atoms with Crippen LogP contribution in [0.4, 0.5) is 0 Å². The van der Waals surface area contributed by atoms with Crippen molar-refractivity contribution in [2.45, 2.75) is 57.2 Å². The van der Waals surface area contributed by atoms with Gasteiger partial charge in [-0.1, -0.05) is 60.8 Å². The Morgan fingerprint density at radius 3 is 2.71 bits per heavy atom. The molecule has 1 saturated carbocycles. The zero-order valence-electron chi connectivity index (χ0n) is 16.6. The predicted octanol–water partition coefficient (Wildman–Crippen LogP) is 5.61. The summed E-state index contributed by atoms with van der Waals surface area (Å²) in [6, 6.07) is 16.6. The summed E-state index contributed by atoms with van der Waals surface area (Å²) in [6.07, 6.45) is 5.10. The van der Waals surface area contributed by atoms with Crippen molar-refractivity contribution in [2.75, 3.05) is 13.2 Å². The second-order valence-electron chi connectivity index (χ2n) is 8.18. The van der Waals surface area contributed by atoms with Crippen LogP contribution in [0.15, 0.2) is 48.5 Å². The van der Waals surface area contributed by atoms with Crippen molar-refractivity contribution in [1.29, 1.82) is 0 Å². The van der Waals surface area contributed by atoms with Gasteiger partial charge in [-0.2, -0.15) is 0 Å². The third-order valence-electron chi connectivity index (χ3n) is 6.54. The average Bonchev–Trinajstić information content (AvgIpc) is 2.70. The van der Waals surface area contributed by atoms with Crippen LogP contribution in [0.3, 0.4) is 0 Å². The molecule has 1 N–H and O–H groups in total. The first-order chi connectivity index (χ1) is 13.6. The van der Waals surface area contributed by atoms with Crippen molar-refractivity contribution in [3.63, 3.8) is 0 Å². The van der Waals surface area contributed by atoms with Gasteiger partial charge in [0.1, 0.15) is 5.75 Å². The Hall–Kier alpha value is -1.55. The minimum absolute atomic E-state index is 0.137. The Balaban J connectivity index is 1.74. The highest BCUT2D eigenvalue weighted by atomic mass is 35.5. The van der Waals surface area contributed by atoms with Crippen LogP contribution in [-0.2, 0) is 6.54 Å².